The van der Waals surface area contributed by atoms with E-state index in [0.717, 1.165) is 30.7 Å². The van der Waals surface area contributed by atoms with Gasteiger partial charge in [0.1, 0.15) is 4.88 Å². The molecule has 0 radical (unpaired) electrons. The van der Waals surface area contributed by atoms with Crippen molar-refractivity contribution in [3.63, 3.8) is 0 Å². The standard InChI is InChI=1S/C24H31N7O5S2/c1-38(35,36)30-10-7-18(8-11-30)31-15-16(13-27-31)5-6-19-12-20(28-24(25)34)21(37-19)23(33)29-22(32)17-4-2-3-9-26-14-17/h12-13,15,17-18,26H,2-4,7-11,14H2,1H3,(H3,25,28,34)(H,29,32,33)/t17-/m0/s1. The van der Waals surface area contributed by atoms with Crippen molar-refractivity contribution in [3.8, 4) is 11.8 Å². The van der Waals surface area contributed by atoms with Crippen molar-refractivity contribution in [2.45, 2.75) is 38.1 Å². The fourth-order valence-electron chi connectivity index (χ4n) is 4.53. The van der Waals surface area contributed by atoms with E-state index in [-0.39, 0.29) is 28.4 Å². The van der Waals surface area contributed by atoms with Crippen molar-refractivity contribution >= 4 is 44.9 Å². The first-order valence-corrected chi connectivity index (χ1v) is 15.0. The molecule has 12 nitrogen and oxygen atoms in total. The van der Waals surface area contributed by atoms with Crippen LogP contribution in [0, 0.1) is 17.8 Å². The van der Waals surface area contributed by atoms with E-state index in [1.807, 2.05) is 0 Å². The minimum Gasteiger partial charge on any atom is -0.351 e. The minimum absolute atomic E-state index is 0.0770. The number of carbonyl (C=O) groups is 3. The predicted octanol–water partition coefficient (Wildman–Crippen LogP) is 1.08. The zero-order valence-electron chi connectivity index (χ0n) is 21.0. The highest BCUT2D eigenvalue weighted by Crippen LogP contribution is 2.27. The third-order valence-electron chi connectivity index (χ3n) is 6.55. The molecule has 1 atom stereocenters. The molecule has 5 N–H and O–H groups in total. The van der Waals surface area contributed by atoms with E-state index in [0.29, 0.717) is 49.3 Å². The Bertz CT molecular complexity index is 1360. The first-order chi connectivity index (χ1) is 18.1. The van der Waals surface area contributed by atoms with Crippen LogP contribution in [0.1, 0.15) is 58.3 Å². The number of amides is 4. The molecule has 0 aromatic carbocycles. The molecule has 2 saturated heterocycles. The number of imide groups is 1. The number of anilines is 1. The number of nitrogens with one attached hydrogen (secondary N) is 3. The lowest BCUT2D eigenvalue weighted by Crippen LogP contribution is -2.39. The zero-order chi connectivity index (χ0) is 27.3. The Kier molecular flexibility index (Phi) is 8.83. The fourth-order valence-corrected chi connectivity index (χ4v) is 6.27. The van der Waals surface area contributed by atoms with Crippen LogP contribution >= 0.6 is 11.3 Å². The molecule has 204 valence electrons. The van der Waals surface area contributed by atoms with Gasteiger partial charge in [-0.2, -0.15) is 5.10 Å². The normalized spacial score (nSPS) is 19.1. The molecule has 0 aliphatic carbocycles. The van der Waals surface area contributed by atoms with Crippen molar-refractivity contribution in [1.82, 2.24) is 24.7 Å². The van der Waals surface area contributed by atoms with Crippen LogP contribution in [0.15, 0.2) is 18.5 Å². The molecule has 2 aliphatic rings. The number of hydrogen-bond donors (Lipinski definition) is 4. The number of nitrogens with two attached hydrogens (primary N) is 1. The summed E-state index contributed by atoms with van der Waals surface area (Å²) in [5.74, 6) is 4.71. The summed E-state index contributed by atoms with van der Waals surface area (Å²) in [6.07, 6.45) is 8.54. The Hall–Kier alpha value is -3.25. The summed E-state index contributed by atoms with van der Waals surface area (Å²) in [5.41, 5.74) is 6.11. The number of hydrogen-bond acceptors (Lipinski definition) is 8. The van der Waals surface area contributed by atoms with Crippen molar-refractivity contribution in [3.05, 3.63) is 33.8 Å². The molecule has 2 aliphatic heterocycles. The van der Waals surface area contributed by atoms with Gasteiger partial charge in [0.25, 0.3) is 5.91 Å². The number of primary amides is 1. The van der Waals surface area contributed by atoms with Crippen LogP contribution in [0.5, 0.6) is 0 Å². The second-order valence-corrected chi connectivity index (χ2v) is 12.4. The van der Waals surface area contributed by atoms with Crippen molar-refractivity contribution in [2.24, 2.45) is 11.7 Å². The van der Waals surface area contributed by atoms with Crippen LogP contribution in [0.4, 0.5) is 10.5 Å². The van der Waals surface area contributed by atoms with E-state index in [1.165, 1.54) is 10.6 Å². The van der Waals surface area contributed by atoms with E-state index in [2.05, 4.69) is 32.9 Å². The third-order valence-corrected chi connectivity index (χ3v) is 8.90. The molecule has 2 aromatic rings. The number of aromatic nitrogens is 2. The van der Waals surface area contributed by atoms with E-state index in [9.17, 15) is 22.8 Å². The van der Waals surface area contributed by atoms with Gasteiger partial charge in [0.2, 0.25) is 15.9 Å². The summed E-state index contributed by atoms with van der Waals surface area (Å²) >= 11 is 1.05. The summed E-state index contributed by atoms with van der Waals surface area (Å²) in [6.45, 7) is 2.25. The maximum Gasteiger partial charge on any atom is 0.316 e. The maximum atomic E-state index is 12.9. The summed E-state index contributed by atoms with van der Waals surface area (Å²) in [6, 6.07) is 0.785. The SMILES string of the molecule is CS(=O)(=O)N1CCC(n2cc(C#Cc3cc(NC(N)=O)c(C(=O)NC(=O)[C@H]4CCCCNC4)s3)cn2)CC1. The molecule has 4 heterocycles. The highest BCUT2D eigenvalue weighted by atomic mass is 32.2. The molecule has 0 saturated carbocycles. The molecule has 38 heavy (non-hydrogen) atoms. The van der Waals surface area contributed by atoms with Crippen LogP contribution in [-0.4, -0.2) is 72.8 Å². The quantitative estimate of drug-likeness (QED) is 0.313. The van der Waals surface area contributed by atoms with Gasteiger partial charge < -0.3 is 16.4 Å². The van der Waals surface area contributed by atoms with E-state index < -0.39 is 22.0 Å². The molecule has 14 heteroatoms. The van der Waals surface area contributed by atoms with Crippen molar-refractivity contribution < 1.29 is 22.8 Å². The van der Waals surface area contributed by atoms with Crippen LogP contribution in [0.2, 0.25) is 0 Å². The Morgan fingerprint density at radius 1 is 1.18 bits per heavy atom. The van der Waals surface area contributed by atoms with E-state index >= 15 is 0 Å². The largest absolute Gasteiger partial charge is 0.351 e. The molecular formula is C24H31N7O5S2. The van der Waals surface area contributed by atoms with Gasteiger partial charge >= 0.3 is 6.03 Å². The summed E-state index contributed by atoms with van der Waals surface area (Å²) in [5, 5.41) is 12.5. The maximum absolute atomic E-state index is 12.9. The Morgan fingerprint density at radius 3 is 2.66 bits per heavy atom. The van der Waals surface area contributed by atoms with Gasteiger partial charge in [-0.25, -0.2) is 17.5 Å². The van der Waals surface area contributed by atoms with Gasteiger partial charge in [-0.05, 0) is 38.3 Å². The molecule has 2 fully saturated rings. The van der Waals surface area contributed by atoms with Crippen LogP contribution in [-0.2, 0) is 14.8 Å². The Labute approximate surface area is 225 Å². The summed E-state index contributed by atoms with van der Waals surface area (Å²) < 4.78 is 26.7. The summed E-state index contributed by atoms with van der Waals surface area (Å²) in [7, 11) is -3.20. The molecule has 0 spiro atoms. The van der Waals surface area contributed by atoms with Crippen molar-refractivity contribution in [1.29, 1.82) is 0 Å². The number of carbonyl (C=O) groups excluding carboxylic acids is 3. The lowest BCUT2D eigenvalue weighted by Gasteiger charge is -2.30. The van der Waals surface area contributed by atoms with E-state index in [1.54, 1.807) is 23.1 Å². The number of rotatable bonds is 5. The fraction of sp³-hybridized carbons (Fsp3) is 0.500. The number of sulfonamides is 1. The highest BCUT2D eigenvalue weighted by Gasteiger charge is 2.27. The van der Waals surface area contributed by atoms with Gasteiger partial charge in [-0.3, -0.25) is 19.6 Å². The average Bonchev–Trinajstić information content (AvgIpc) is 3.40. The topological polar surface area (TPSA) is 169 Å². The highest BCUT2D eigenvalue weighted by molar-refractivity contribution is 7.88. The predicted molar refractivity (Wildman–Crippen MR) is 143 cm³/mol. The van der Waals surface area contributed by atoms with Gasteiger partial charge in [0, 0.05) is 25.8 Å². The second kappa shape index (κ2) is 12.1. The Balaban J connectivity index is 1.44. The van der Waals surface area contributed by atoms with Gasteiger partial charge in [0.15, 0.2) is 0 Å². The van der Waals surface area contributed by atoms with Gasteiger partial charge in [0.05, 0.1) is 40.5 Å². The van der Waals surface area contributed by atoms with E-state index in [4.69, 9.17) is 5.73 Å². The lowest BCUT2D eigenvalue weighted by molar-refractivity contribution is -0.124. The minimum atomic E-state index is -3.20. The number of piperidine rings is 1. The van der Waals surface area contributed by atoms with Gasteiger partial charge in [-0.1, -0.05) is 18.3 Å². The lowest BCUT2D eigenvalue weighted by atomic mass is 10.0. The number of nitrogens with zero attached hydrogens (tertiary/aromatic N) is 3. The van der Waals surface area contributed by atoms with Gasteiger partial charge in [-0.15, -0.1) is 11.3 Å². The molecule has 0 unspecified atom stereocenters. The number of thiophene rings is 1. The molecule has 0 bridgehead atoms. The first-order valence-electron chi connectivity index (χ1n) is 12.4. The summed E-state index contributed by atoms with van der Waals surface area (Å²) in [4.78, 5) is 37.7. The molecule has 2 aromatic heterocycles. The zero-order valence-corrected chi connectivity index (χ0v) is 22.7. The molecule has 4 amide bonds. The first kappa shape index (κ1) is 27.8. The van der Waals surface area contributed by atoms with Crippen LogP contribution in [0.3, 0.4) is 0 Å². The average molecular weight is 562 g/mol. The van der Waals surface area contributed by atoms with Crippen LogP contribution < -0.4 is 21.7 Å². The molecule has 4 rings (SSSR count). The van der Waals surface area contributed by atoms with Crippen molar-refractivity contribution in [2.75, 3.05) is 37.8 Å². The third kappa shape index (κ3) is 7.19. The smallest absolute Gasteiger partial charge is 0.316 e. The monoisotopic (exact) mass is 561 g/mol. The van der Waals surface area contributed by atoms with Crippen LogP contribution in [0.25, 0.3) is 0 Å². The second-order valence-electron chi connectivity index (χ2n) is 9.41. The number of urea groups is 1. The molecular weight excluding hydrogens is 530 g/mol. The Morgan fingerprint density at radius 2 is 1.95 bits per heavy atom.